The van der Waals surface area contributed by atoms with Crippen molar-refractivity contribution in [2.45, 2.75) is 65.0 Å². The number of nitrogens with one attached hydrogen (secondary N) is 1. The van der Waals surface area contributed by atoms with Crippen LogP contribution in [-0.2, 0) is 35.2 Å². The molecule has 1 aromatic rings. The summed E-state index contributed by atoms with van der Waals surface area (Å²) in [5, 5.41) is 2.59. The van der Waals surface area contributed by atoms with E-state index in [0.29, 0.717) is 19.3 Å². The number of hydrogen-bond donors (Lipinski definition) is 1. The number of amides is 2. The van der Waals surface area contributed by atoms with Gasteiger partial charge in [0.2, 0.25) is 18.0 Å². The van der Waals surface area contributed by atoms with Crippen LogP contribution < -0.4 is 5.32 Å². The van der Waals surface area contributed by atoms with Gasteiger partial charge in [0.25, 0.3) is 11.8 Å². The highest BCUT2D eigenvalue weighted by atomic mass is 19.4. The third kappa shape index (κ3) is 12.3. The second-order valence-electron chi connectivity index (χ2n) is 9.71. The van der Waals surface area contributed by atoms with Crippen molar-refractivity contribution in [2.75, 3.05) is 32.7 Å². The SMILES string of the molecule is CCN(Cc1ccccc1)C(=O)[C@H](OC(C)=O)[C@@H](OC(C)=O)C(=O)NCCCCCN1C/C=C\C=C/CN=C1C(F)(F)F. The number of unbranched alkanes of at least 4 members (excludes halogenated alkanes) is 2. The zero-order chi connectivity index (χ0) is 31.8. The van der Waals surface area contributed by atoms with Gasteiger partial charge in [-0.1, -0.05) is 54.6 Å². The lowest BCUT2D eigenvalue weighted by Crippen LogP contribution is -2.54. The lowest BCUT2D eigenvalue weighted by molar-refractivity contribution is -0.178. The van der Waals surface area contributed by atoms with Crippen LogP contribution in [-0.4, -0.2) is 90.5 Å². The fourth-order valence-corrected chi connectivity index (χ4v) is 4.30. The van der Waals surface area contributed by atoms with Gasteiger partial charge in [-0.3, -0.25) is 24.2 Å². The Balaban J connectivity index is 2.02. The molecular formula is C30H39F3N4O6. The quantitative estimate of drug-likeness (QED) is 0.254. The molecule has 0 radical (unpaired) electrons. The van der Waals surface area contributed by atoms with Crippen LogP contribution in [0.3, 0.4) is 0 Å². The average Bonchev–Trinajstić information content (AvgIpc) is 3.07. The number of amidine groups is 1. The summed E-state index contributed by atoms with van der Waals surface area (Å²) >= 11 is 0. The summed E-state index contributed by atoms with van der Waals surface area (Å²) < 4.78 is 51.0. The highest BCUT2D eigenvalue weighted by molar-refractivity contribution is 5.93. The summed E-state index contributed by atoms with van der Waals surface area (Å²) in [5.41, 5.74) is 0.806. The first-order chi connectivity index (χ1) is 20.4. The minimum absolute atomic E-state index is 0.0497. The van der Waals surface area contributed by atoms with E-state index in [4.69, 9.17) is 9.47 Å². The van der Waals surface area contributed by atoms with Crippen LogP contribution in [0.1, 0.15) is 45.6 Å². The molecule has 2 amide bonds. The number of allylic oxidation sites excluding steroid dienone is 2. The van der Waals surface area contributed by atoms with Crippen molar-refractivity contribution in [2.24, 2.45) is 4.99 Å². The fourth-order valence-electron chi connectivity index (χ4n) is 4.30. The number of rotatable bonds is 14. The Kier molecular flexibility index (Phi) is 14.4. The summed E-state index contributed by atoms with van der Waals surface area (Å²) in [7, 11) is 0. The van der Waals surface area contributed by atoms with Crippen LogP contribution >= 0.6 is 0 Å². The molecule has 10 nitrogen and oxygen atoms in total. The summed E-state index contributed by atoms with van der Waals surface area (Å²) in [6.07, 6.45) is -0.313. The summed E-state index contributed by atoms with van der Waals surface area (Å²) in [5.74, 6) is -4.18. The van der Waals surface area contributed by atoms with Gasteiger partial charge in [-0.05, 0) is 31.7 Å². The standard InChI is InChI=1S/C30H39F3N4O6/c1-4-36(21-24-15-9-7-10-16-24)28(41)26(43-23(3)39)25(42-22(2)38)27(40)34-17-12-8-14-20-37-19-13-6-5-11-18-35-29(37)30(31,32)33/h5-7,9-11,13,15-16,25-26H,4,8,12,14,17-21H2,1-3H3,(H,34,40)/b11-5-,13-6-,35-29?/t25-,26-/m1/s1. The molecule has 1 heterocycles. The third-order valence-electron chi connectivity index (χ3n) is 6.28. The van der Waals surface area contributed by atoms with E-state index in [0.717, 1.165) is 19.4 Å². The van der Waals surface area contributed by atoms with E-state index in [-0.39, 0.29) is 39.3 Å². The van der Waals surface area contributed by atoms with Crippen molar-refractivity contribution in [3.05, 3.63) is 60.2 Å². The van der Waals surface area contributed by atoms with Crippen molar-refractivity contribution >= 4 is 29.6 Å². The zero-order valence-corrected chi connectivity index (χ0v) is 24.6. The number of hydrogen-bond acceptors (Lipinski definition) is 8. The topological polar surface area (TPSA) is 118 Å². The molecule has 0 fully saturated rings. The van der Waals surface area contributed by atoms with E-state index in [1.807, 2.05) is 18.2 Å². The van der Waals surface area contributed by atoms with Gasteiger partial charge in [0.05, 0.1) is 6.54 Å². The van der Waals surface area contributed by atoms with Gasteiger partial charge in [0.1, 0.15) is 0 Å². The molecule has 236 valence electrons. The predicted octanol–water partition coefficient (Wildman–Crippen LogP) is 3.57. The minimum atomic E-state index is -4.59. The highest BCUT2D eigenvalue weighted by Gasteiger charge is 2.41. The Morgan fingerprint density at radius 2 is 1.63 bits per heavy atom. The predicted molar refractivity (Wildman–Crippen MR) is 154 cm³/mol. The van der Waals surface area contributed by atoms with E-state index in [2.05, 4.69) is 10.3 Å². The monoisotopic (exact) mass is 608 g/mol. The van der Waals surface area contributed by atoms with Gasteiger partial charge in [0.15, 0.2) is 0 Å². The first kappa shape index (κ1) is 35.0. The van der Waals surface area contributed by atoms with Gasteiger partial charge in [-0.2, -0.15) is 13.2 Å². The van der Waals surface area contributed by atoms with Crippen molar-refractivity contribution in [1.82, 2.24) is 15.1 Å². The van der Waals surface area contributed by atoms with E-state index in [1.165, 1.54) is 9.80 Å². The summed E-state index contributed by atoms with van der Waals surface area (Å²) in [6, 6.07) is 9.06. The number of alkyl halides is 3. The van der Waals surface area contributed by atoms with Crippen molar-refractivity contribution in [3.8, 4) is 0 Å². The molecule has 1 aliphatic rings. The molecule has 0 unspecified atom stereocenters. The molecule has 2 atom stereocenters. The number of benzene rings is 1. The van der Waals surface area contributed by atoms with Crippen LogP contribution in [0.2, 0.25) is 0 Å². The largest absolute Gasteiger partial charge is 0.449 e. The van der Waals surface area contributed by atoms with Gasteiger partial charge < -0.3 is 24.6 Å². The molecule has 13 heteroatoms. The number of nitrogens with zero attached hydrogens (tertiary/aromatic N) is 3. The van der Waals surface area contributed by atoms with Gasteiger partial charge in [0, 0.05) is 46.6 Å². The van der Waals surface area contributed by atoms with Crippen LogP contribution in [0.15, 0.2) is 59.6 Å². The number of aliphatic imine (C=N–C) groups is 1. The maximum absolute atomic E-state index is 13.5. The fraction of sp³-hybridized carbons (Fsp3) is 0.500. The molecule has 2 rings (SSSR count). The first-order valence-corrected chi connectivity index (χ1v) is 14.1. The molecule has 1 N–H and O–H groups in total. The van der Waals surface area contributed by atoms with Crippen LogP contribution in [0.5, 0.6) is 0 Å². The Morgan fingerprint density at radius 3 is 2.26 bits per heavy atom. The Bertz CT molecular complexity index is 1170. The number of carbonyl (C=O) groups excluding carboxylic acids is 4. The molecular weight excluding hydrogens is 569 g/mol. The van der Waals surface area contributed by atoms with Gasteiger partial charge >= 0.3 is 18.1 Å². The maximum Gasteiger partial charge on any atom is 0.449 e. The molecule has 0 aliphatic carbocycles. The molecule has 1 aliphatic heterocycles. The number of likely N-dealkylation sites (N-methyl/N-ethyl adjacent to an activating group) is 1. The molecule has 43 heavy (non-hydrogen) atoms. The molecule has 0 saturated heterocycles. The lowest BCUT2D eigenvalue weighted by Gasteiger charge is -2.30. The molecule has 0 aromatic heterocycles. The lowest BCUT2D eigenvalue weighted by atomic mass is 10.1. The van der Waals surface area contributed by atoms with Crippen LogP contribution in [0, 0.1) is 0 Å². The summed E-state index contributed by atoms with van der Waals surface area (Å²) in [6.45, 7) is 4.42. The van der Waals surface area contributed by atoms with Crippen molar-refractivity contribution < 1.29 is 41.8 Å². The Hall–Kier alpha value is -4.16. The van der Waals surface area contributed by atoms with Gasteiger partial charge in [-0.15, -0.1) is 0 Å². The van der Waals surface area contributed by atoms with Gasteiger partial charge in [-0.25, -0.2) is 0 Å². The Labute approximate surface area is 249 Å². The maximum atomic E-state index is 13.5. The molecule has 1 aromatic carbocycles. The second-order valence-corrected chi connectivity index (χ2v) is 9.71. The minimum Gasteiger partial charge on any atom is -0.448 e. The van der Waals surface area contributed by atoms with E-state index in [9.17, 15) is 32.3 Å². The van der Waals surface area contributed by atoms with Crippen molar-refractivity contribution in [3.63, 3.8) is 0 Å². The number of carbonyl (C=O) groups is 4. The number of esters is 2. The third-order valence-corrected chi connectivity index (χ3v) is 6.28. The Morgan fingerprint density at radius 1 is 0.977 bits per heavy atom. The zero-order valence-electron chi connectivity index (χ0n) is 24.6. The number of halogens is 3. The normalized spacial score (nSPS) is 16.3. The smallest absolute Gasteiger partial charge is 0.448 e. The molecule has 0 bridgehead atoms. The number of ether oxygens (including phenoxy) is 2. The van der Waals surface area contributed by atoms with E-state index < -0.39 is 48.0 Å². The second kappa shape index (κ2) is 17.7. The first-order valence-electron chi connectivity index (χ1n) is 14.1. The molecule has 0 spiro atoms. The van der Waals surface area contributed by atoms with Crippen LogP contribution in [0.4, 0.5) is 13.2 Å². The molecule has 0 saturated carbocycles. The highest BCUT2D eigenvalue weighted by Crippen LogP contribution is 2.21. The summed E-state index contributed by atoms with van der Waals surface area (Å²) in [4.78, 5) is 56.5. The van der Waals surface area contributed by atoms with Crippen LogP contribution in [0.25, 0.3) is 0 Å². The van der Waals surface area contributed by atoms with Crippen molar-refractivity contribution in [1.29, 1.82) is 0 Å². The average molecular weight is 609 g/mol. The van der Waals surface area contributed by atoms with E-state index in [1.54, 1.807) is 43.4 Å². The van der Waals surface area contributed by atoms with E-state index >= 15 is 0 Å².